The fourth-order valence-electron chi connectivity index (χ4n) is 6.23. The van der Waals surface area contributed by atoms with Gasteiger partial charge in [0.15, 0.2) is 6.61 Å². The Labute approximate surface area is 165 Å². The fraction of sp³-hybridized carbons (Fsp3) is 0.591. The third-order valence-electron chi connectivity index (χ3n) is 6.73. The standard InChI is InChI=1S/C22H27NO5/c1-2-27-20(26)23-18(24)13-28-19(25)22-11-15-8-16(12-22)10-21(9-15,14-22)17-6-4-3-5-7-17/h3-7,15-16H,2,8-14H2,1H3,(H,23,24,26)/t15-,16+,21?,22?. The van der Waals surface area contributed by atoms with E-state index in [9.17, 15) is 14.4 Å². The molecule has 28 heavy (non-hydrogen) atoms. The number of esters is 1. The first-order valence-corrected chi connectivity index (χ1v) is 10.1. The van der Waals surface area contributed by atoms with Crippen LogP contribution in [-0.2, 0) is 24.5 Å². The van der Waals surface area contributed by atoms with Crippen molar-refractivity contribution in [3.63, 3.8) is 0 Å². The van der Waals surface area contributed by atoms with Crippen molar-refractivity contribution < 1.29 is 23.9 Å². The number of rotatable bonds is 5. The highest BCUT2D eigenvalue weighted by atomic mass is 16.6. The molecule has 1 N–H and O–H groups in total. The summed E-state index contributed by atoms with van der Waals surface area (Å²) in [5.74, 6) is 0.111. The first-order chi connectivity index (χ1) is 13.4. The second-order valence-electron chi connectivity index (χ2n) is 8.73. The molecule has 150 valence electrons. The Morgan fingerprint density at radius 3 is 2.36 bits per heavy atom. The van der Waals surface area contributed by atoms with E-state index < -0.39 is 24.0 Å². The van der Waals surface area contributed by atoms with Gasteiger partial charge in [-0.15, -0.1) is 0 Å². The van der Waals surface area contributed by atoms with Crippen LogP contribution in [0.25, 0.3) is 0 Å². The molecule has 4 aliphatic rings. The highest BCUT2D eigenvalue weighted by Gasteiger charge is 2.61. The summed E-state index contributed by atoms with van der Waals surface area (Å²) < 4.78 is 10.1. The van der Waals surface area contributed by atoms with Gasteiger partial charge >= 0.3 is 12.1 Å². The van der Waals surface area contributed by atoms with Gasteiger partial charge in [0.1, 0.15) is 0 Å². The Kier molecular flexibility index (Phi) is 4.89. The highest BCUT2D eigenvalue weighted by Crippen LogP contribution is 2.66. The second kappa shape index (κ2) is 7.22. The van der Waals surface area contributed by atoms with Crippen LogP contribution in [0.15, 0.2) is 30.3 Å². The van der Waals surface area contributed by atoms with Gasteiger partial charge in [-0.05, 0) is 68.3 Å². The van der Waals surface area contributed by atoms with Crippen molar-refractivity contribution >= 4 is 18.0 Å². The van der Waals surface area contributed by atoms with Gasteiger partial charge in [-0.3, -0.25) is 14.9 Å². The lowest BCUT2D eigenvalue weighted by Gasteiger charge is -2.61. The molecule has 2 amide bonds. The molecular formula is C22H27NO5. The Balaban J connectivity index is 1.46. The van der Waals surface area contributed by atoms with Gasteiger partial charge in [-0.25, -0.2) is 4.79 Å². The lowest BCUT2D eigenvalue weighted by Crippen LogP contribution is -2.57. The van der Waals surface area contributed by atoms with Gasteiger partial charge in [0.05, 0.1) is 12.0 Å². The first kappa shape index (κ1) is 19.0. The SMILES string of the molecule is CCOC(=O)NC(=O)COC(=O)C12C[C@H]3C[C@@H](C1)CC(c1ccccc1)(C3)C2. The third kappa shape index (κ3) is 3.40. The van der Waals surface area contributed by atoms with E-state index in [0.717, 1.165) is 32.1 Å². The number of imide groups is 1. The van der Waals surface area contributed by atoms with E-state index in [2.05, 4.69) is 34.3 Å². The van der Waals surface area contributed by atoms with Crippen LogP contribution in [0.2, 0.25) is 0 Å². The van der Waals surface area contributed by atoms with Crippen LogP contribution in [0.3, 0.4) is 0 Å². The van der Waals surface area contributed by atoms with Crippen molar-refractivity contribution in [3.05, 3.63) is 35.9 Å². The molecule has 1 aromatic rings. The summed E-state index contributed by atoms with van der Waals surface area (Å²) in [4.78, 5) is 36.2. The molecule has 0 saturated heterocycles. The lowest BCUT2D eigenvalue weighted by atomic mass is 9.43. The number of benzene rings is 1. The summed E-state index contributed by atoms with van der Waals surface area (Å²) >= 11 is 0. The third-order valence-corrected chi connectivity index (χ3v) is 6.73. The largest absolute Gasteiger partial charge is 0.455 e. The zero-order chi connectivity index (χ0) is 19.8. The minimum absolute atomic E-state index is 0.0392. The van der Waals surface area contributed by atoms with Crippen LogP contribution in [0, 0.1) is 17.3 Å². The van der Waals surface area contributed by atoms with Crippen molar-refractivity contribution in [1.82, 2.24) is 5.32 Å². The van der Waals surface area contributed by atoms with Crippen molar-refractivity contribution in [3.8, 4) is 0 Å². The normalized spacial score (nSPS) is 32.6. The Morgan fingerprint density at radius 2 is 1.71 bits per heavy atom. The molecule has 6 nitrogen and oxygen atoms in total. The number of alkyl carbamates (subject to hydrolysis) is 1. The predicted molar refractivity (Wildman–Crippen MR) is 101 cm³/mol. The molecule has 0 aromatic heterocycles. The molecule has 4 saturated carbocycles. The molecule has 4 fully saturated rings. The van der Waals surface area contributed by atoms with Gasteiger partial charge in [0, 0.05) is 0 Å². The summed E-state index contributed by atoms with van der Waals surface area (Å²) in [6.45, 7) is 1.37. The van der Waals surface area contributed by atoms with Gasteiger partial charge in [0.2, 0.25) is 0 Å². The molecule has 0 heterocycles. The molecule has 2 unspecified atom stereocenters. The van der Waals surface area contributed by atoms with E-state index in [1.807, 2.05) is 6.07 Å². The van der Waals surface area contributed by atoms with Crippen molar-refractivity contribution in [2.75, 3.05) is 13.2 Å². The van der Waals surface area contributed by atoms with E-state index in [1.165, 1.54) is 12.0 Å². The molecule has 4 aliphatic carbocycles. The smallest absolute Gasteiger partial charge is 0.413 e. The second-order valence-corrected chi connectivity index (χ2v) is 8.73. The van der Waals surface area contributed by atoms with Crippen molar-refractivity contribution in [2.45, 2.75) is 50.9 Å². The van der Waals surface area contributed by atoms with Crippen LogP contribution in [0.1, 0.15) is 51.0 Å². The molecule has 5 rings (SSSR count). The molecule has 0 radical (unpaired) electrons. The van der Waals surface area contributed by atoms with E-state index in [4.69, 9.17) is 4.74 Å². The molecule has 4 bridgehead atoms. The first-order valence-electron chi connectivity index (χ1n) is 10.1. The van der Waals surface area contributed by atoms with E-state index in [1.54, 1.807) is 6.92 Å². The molecule has 0 spiro atoms. The Morgan fingerprint density at radius 1 is 1.04 bits per heavy atom. The van der Waals surface area contributed by atoms with Crippen LogP contribution in [0.5, 0.6) is 0 Å². The Hall–Kier alpha value is -2.37. The average molecular weight is 385 g/mol. The summed E-state index contributed by atoms with van der Waals surface area (Å²) in [6, 6.07) is 10.5. The zero-order valence-corrected chi connectivity index (χ0v) is 16.2. The summed E-state index contributed by atoms with van der Waals surface area (Å²) in [5, 5.41) is 2.07. The number of carbonyl (C=O) groups is 3. The van der Waals surface area contributed by atoms with Crippen LogP contribution >= 0.6 is 0 Å². The maximum atomic E-state index is 13.1. The maximum absolute atomic E-state index is 13.1. The molecule has 4 atom stereocenters. The summed E-state index contributed by atoms with van der Waals surface area (Å²) in [6.07, 6.45) is 5.11. The number of nitrogens with one attached hydrogen (secondary N) is 1. The minimum atomic E-state index is -0.818. The quantitative estimate of drug-likeness (QED) is 0.786. The number of amides is 2. The minimum Gasteiger partial charge on any atom is -0.455 e. The van der Waals surface area contributed by atoms with Crippen LogP contribution < -0.4 is 5.32 Å². The molecular weight excluding hydrogens is 358 g/mol. The number of ether oxygens (including phenoxy) is 2. The summed E-state index contributed by atoms with van der Waals surface area (Å²) in [5.41, 5.74) is 0.850. The molecule has 0 aliphatic heterocycles. The highest BCUT2D eigenvalue weighted by molar-refractivity contribution is 5.93. The maximum Gasteiger partial charge on any atom is 0.413 e. The van der Waals surface area contributed by atoms with Gasteiger partial charge in [-0.1, -0.05) is 30.3 Å². The van der Waals surface area contributed by atoms with Gasteiger partial charge < -0.3 is 9.47 Å². The van der Waals surface area contributed by atoms with Gasteiger partial charge in [-0.2, -0.15) is 0 Å². The average Bonchev–Trinajstić information content (AvgIpc) is 2.66. The number of hydrogen-bond acceptors (Lipinski definition) is 5. The topological polar surface area (TPSA) is 81.7 Å². The van der Waals surface area contributed by atoms with Gasteiger partial charge in [0.25, 0.3) is 5.91 Å². The van der Waals surface area contributed by atoms with Crippen LogP contribution in [-0.4, -0.2) is 31.2 Å². The van der Waals surface area contributed by atoms with E-state index in [0.29, 0.717) is 11.8 Å². The predicted octanol–water partition coefficient (Wildman–Crippen LogP) is 3.34. The fourth-order valence-corrected chi connectivity index (χ4v) is 6.23. The monoisotopic (exact) mass is 385 g/mol. The van der Waals surface area contributed by atoms with E-state index >= 15 is 0 Å². The number of carbonyl (C=O) groups excluding carboxylic acids is 3. The lowest BCUT2D eigenvalue weighted by molar-refractivity contribution is -0.175. The Bertz CT molecular complexity index is 760. The summed E-state index contributed by atoms with van der Waals surface area (Å²) in [7, 11) is 0. The van der Waals surface area contributed by atoms with Crippen molar-refractivity contribution in [2.24, 2.45) is 17.3 Å². The molecule has 6 heteroatoms. The zero-order valence-electron chi connectivity index (χ0n) is 16.2. The van der Waals surface area contributed by atoms with E-state index in [-0.39, 0.29) is 18.0 Å². The molecule has 1 aromatic carbocycles. The van der Waals surface area contributed by atoms with Crippen LogP contribution in [0.4, 0.5) is 4.79 Å². The van der Waals surface area contributed by atoms with Crippen molar-refractivity contribution in [1.29, 1.82) is 0 Å². The number of hydrogen-bond donors (Lipinski definition) is 1.